The van der Waals surface area contributed by atoms with Crippen LogP contribution in [-0.4, -0.2) is 51.3 Å². The van der Waals surface area contributed by atoms with Crippen molar-refractivity contribution in [2.75, 3.05) is 24.3 Å². The van der Waals surface area contributed by atoms with Gasteiger partial charge in [-0.05, 0) is 49.2 Å². The molecule has 1 heterocycles. The van der Waals surface area contributed by atoms with Crippen LogP contribution in [0.2, 0.25) is 0 Å². The average Bonchev–Trinajstić information content (AvgIpc) is 3.00. The van der Waals surface area contributed by atoms with E-state index in [1.54, 1.807) is 19.1 Å². The number of fused-ring (bicyclic) bond motifs is 1. The molecule has 154 valence electrons. The van der Waals surface area contributed by atoms with Crippen molar-refractivity contribution in [3.8, 4) is 11.5 Å². The quantitative estimate of drug-likeness (QED) is 0.564. The number of Topliss-reactive ketones (excluding diaryl/α,β-unsaturated/α-hetero) is 1. The first-order chi connectivity index (χ1) is 13.6. The van der Waals surface area contributed by atoms with E-state index in [1.807, 2.05) is 0 Å². The number of hydrogen-bond acceptors (Lipinski definition) is 7. The summed E-state index contributed by atoms with van der Waals surface area (Å²) in [6.07, 6.45) is 1.63. The van der Waals surface area contributed by atoms with Crippen LogP contribution in [-0.2, 0) is 21.2 Å². The van der Waals surface area contributed by atoms with E-state index >= 15 is 0 Å². The summed E-state index contributed by atoms with van der Waals surface area (Å²) >= 11 is 0. The fourth-order valence-electron chi connectivity index (χ4n) is 3.38. The van der Waals surface area contributed by atoms with Gasteiger partial charge in [0.05, 0.1) is 19.1 Å². The number of esters is 1. The molecular weight excluding hydrogens is 398 g/mol. The van der Waals surface area contributed by atoms with Crippen molar-refractivity contribution < 1.29 is 32.6 Å². The first-order valence-electron chi connectivity index (χ1n) is 8.81. The Morgan fingerprint density at radius 1 is 1.21 bits per heavy atom. The molecule has 1 atom stereocenters. The second-order valence-corrected chi connectivity index (χ2v) is 8.70. The molecule has 0 amide bonds. The molecule has 0 saturated carbocycles. The van der Waals surface area contributed by atoms with E-state index in [4.69, 9.17) is 9.47 Å². The van der Waals surface area contributed by atoms with E-state index in [1.165, 1.54) is 35.7 Å². The van der Waals surface area contributed by atoms with Gasteiger partial charge in [0.1, 0.15) is 17.1 Å². The lowest BCUT2D eigenvalue weighted by molar-refractivity contribution is 0.0471. The molecule has 3 rings (SSSR count). The molecule has 0 fully saturated rings. The third-order valence-corrected chi connectivity index (χ3v) is 5.94. The summed E-state index contributed by atoms with van der Waals surface area (Å²) in [7, 11) is -1.98. The molecule has 9 heteroatoms. The lowest BCUT2D eigenvalue weighted by atomic mass is 10.0. The Labute approximate surface area is 168 Å². The average molecular weight is 419 g/mol. The number of carbonyl (C=O) groups is 2. The predicted molar refractivity (Wildman–Crippen MR) is 106 cm³/mol. The number of nitrogens with zero attached hydrogens (tertiary/aromatic N) is 1. The third kappa shape index (κ3) is 4.19. The maximum absolute atomic E-state index is 12.4. The van der Waals surface area contributed by atoms with Crippen LogP contribution in [0.3, 0.4) is 0 Å². The van der Waals surface area contributed by atoms with Gasteiger partial charge in [-0.3, -0.25) is 9.10 Å². The number of ketones is 1. The fourth-order valence-corrected chi connectivity index (χ4v) is 4.65. The van der Waals surface area contributed by atoms with E-state index in [-0.39, 0.29) is 17.4 Å². The van der Waals surface area contributed by atoms with Crippen molar-refractivity contribution in [2.45, 2.75) is 19.4 Å². The fraction of sp³-hybridized carbons (Fsp3) is 0.300. The van der Waals surface area contributed by atoms with Crippen LogP contribution in [0.4, 0.5) is 5.69 Å². The number of anilines is 1. The Kier molecular flexibility index (Phi) is 5.52. The minimum Gasteiger partial charge on any atom is -0.507 e. The molecule has 0 saturated heterocycles. The second kappa shape index (κ2) is 7.75. The standard InChI is InChI=1S/C20H21NO7S/c1-12-8-14-9-13(4-7-17(14)21(12)29(3,25)26)19(23)11-28-20(24)16-6-5-15(27-2)10-18(16)22/h4-7,9-10,12,22H,8,11H2,1-3H3/t12-/m0/s1. The minimum atomic E-state index is -3.41. The van der Waals surface area contributed by atoms with Crippen LogP contribution in [0, 0.1) is 0 Å². The second-order valence-electron chi connectivity index (χ2n) is 6.84. The summed E-state index contributed by atoms with van der Waals surface area (Å²) in [6, 6.07) is 8.60. The predicted octanol–water partition coefficient (Wildman–Crippen LogP) is 2.15. The highest BCUT2D eigenvalue weighted by Crippen LogP contribution is 2.34. The van der Waals surface area contributed by atoms with Crippen molar-refractivity contribution in [3.05, 3.63) is 53.1 Å². The molecule has 0 aromatic heterocycles. The van der Waals surface area contributed by atoms with Gasteiger partial charge in [-0.15, -0.1) is 0 Å². The van der Waals surface area contributed by atoms with Gasteiger partial charge in [0, 0.05) is 17.7 Å². The molecular formula is C20H21NO7S. The molecule has 8 nitrogen and oxygen atoms in total. The number of carbonyl (C=O) groups excluding carboxylic acids is 2. The highest BCUT2D eigenvalue weighted by Gasteiger charge is 2.32. The number of hydrogen-bond donors (Lipinski definition) is 1. The van der Waals surface area contributed by atoms with Crippen LogP contribution in [0.25, 0.3) is 0 Å². The summed E-state index contributed by atoms with van der Waals surface area (Å²) < 4.78 is 35.3. The van der Waals surface area contributed by atoms with Crippen molar-refractivity contribution >= 4 is 27.5 Å². The SMILES string of the molecule is COc1ccc(C(=O)OCC(=O)c2ccc3c(c2)C[C@H](C)N3S(C)(=O)=O)c(O)c1. The van der Waals surface area contributed by atoms with Gasteiger partial charge in [0.15, 0.2) is 12.4 Å². The topological polar surface area (TPSA) is 110 Å². The largest absolute Gasteiger partial charge is 0.507 e. The van der Waals surface area contributed by atoms with Crippen LogP contribution in [0.15, 0.2) is 36.4 Å². The van der Waals surface area contributed by atoms with Crippen LogP contribution in [0.1, 0.15) is 33.2 Å². The number of methoxy groups -OCH3 is 1. The van der Waals surface area contributed by atoms with Gasteiger partial charge < -0.3 is 14.6 Å². The zero-order valence-electron chi connectivity index (χ0n) is 16.2. The maximum atomic E-state index is 12.4. The molecule has 1 N–H and O–H groups in total. The first kappa shape index (κ1) is 20.7. The lowest BCUT2D eigenvalue weighted by Crippen LogP contribution is -2.34. The van der Waals surface area contributed by atoms with Gasteiger partial charge in [0.2, 0.25) is 10.0 Å². The number of benzene rings is 2. The Morgan fingerprint density at radius 3 is 2.55 bits per heavy atom. The number of sulfonamides is 1. The van der Waals surface area contributed by atoms with Gasteiger partial charge in [0.25, 0.3) is 0 Å². The molecule has 0 unspecified atom stereocenters. The number of aromatic hydroxyl groups is 1. The molecule has 1 aliphatic rings. The molecule has 0 radical (unpaired) electrons. The monoisotopic (exact) mass is 419 g/mol. The van der Waals surface area contributed by atoms with E-state index in [9.17, 15) is 23.1 Å². The van der Waals surface area contributed by atoms with Crippen LogP contribution in [0.5, 0.6) is 11.5 Å². The molecule has 2 aromatic rings. The minimum absolute atomic E-state index is 0.0785. The van der Waals surface area contributed by atoms with Gasteiger partial charge in [-0.2, -0.15) is 0 Å². The van der Waals surface area contributed by atoms with E-state index in [0.717, 1.165) is 11.8 Å². The number of ether oxygens (including phenoxy) is 2. The van der Waals surface area contributed by atoms with E-state index < -0.39 is 28.4 Å². The van der Waals surface area contributed by atoms with Crippen LogP contribution < -0.4 is 9.04 Å². The Balaban J connectivity index is 1.71. The Bertz CT molecular complexity index is 1080. The summed E-state index contributed by atoms with van der Waals surface area (Å²) in [6.45, 7) is 1.29. The summed E-state index contributed by atoms with van der Waals surface area (Å²) in [5.41, 5.74) is 1.54. The van der Waals surface area contributed by atoms with Gasteiger partial charge in [-0.25, -0.2) is 13.2 Å². The molecule has 0 spiro atoms. The zero-order chi connectivity index (χ0) is 21.3. The van der Waals surface area contributed by atoms with Crippen molar-refractivity contribution in [2.24, 2.45) is 0 Å². The van der Waals surface area contributed by atoms with Crippen LogP contribution >= 0.6 is 0 Å². The zero-order valence-corrected chi connectivity index (χ0v) is 17.0. The molecule has 1 aliphatic heterocycles. The molecule has 2 aromatic carbocycles. The molecule has 0 aliphatic carbocycles. The third-order valence-electron chi connectivity index (χ3n) is 4.67. The molecule has 0 bridgehead atoms. The number of phenolic OH excluding ortho intramolecular Hbond substituents is 1. The summed E-state index contributed by atoms with van der Waals surface area (Å²) in [5.74, 6) is -1.20. The lowest BCUT2D eigenvalue weighted by Gasteiger charge is -2.21. The van der Waals surface area contributed by atoms with E-state index in [0.29, 0.717) is 23.4 Å². The van der Waals surface area contributed by atoms with E-state index in [2.05, 4.69) is 0 Å². The Morgan fingerprint density at radius 2 is 1.93 bits per heavy atom. The maximum Gasteiger partial charge on any atom is 0.342 e. The highest BCUT2D eigenvalue weighted by molar-refractivity contribution is 7.92. The summed E-state index contributed by atoms with van der Waals surface area (Å²) in [4.78, 5) is 24.6. The highest BCUT2D eigenvalue weighted by atomic mass is 32.2. The smallest absolute Gasteiger partial charge is 0.342 e. The number of phenols is 1. The molecule has 29 heavy (non-hydrogen) atoms. The van der Waals surface area contributed by atoms with Crippen molar-refractivity contribution in [1.82, 2.24) is 0 Å². The van der Waals surface area contributed by atoms with Gasteiger partial charge in [-0.1, -0.05) is 0 Å². The van der Waals surface area contributed by atoms with Crippen molar-refractivity contribution in [3.63, 3.8) is 0 Å². The number of rotatable bonds is 6. The summed E-state index contributed by atoms with van der Waals surface area (Å²) in [5, 5.41) is 9.88. The van der Waals surface area contributed by atoms with Crippen molar-refractivity contribution in [1.29, 1.82) is 0 Å². The normalized spacial score (nSPS) is 15.7. The van der Waals surface area contributed by atoms with Gasteiger partial charge >= 0.3 is 5.97 Å². The first-order valence-corrected chi connectivity index (χ1v) is 10.7. The Hall–Kier alpha value is -3.07.